The Morgan fingerprint density at radius 1 is 1.26 bits per heavy atom. The molecule has 10 nitrogen and oxygen atoms in total. The molecule has 1 aliphatic carbocycles. The standard InChI is InChI=1S/C26H34ClFN6O4/c1-26(37)11-12-34(16-26)22-20(28)21(30-24(27)31-22)32-33-23(35)19(13-17-7-5-6-8-17)14-29-25(36)38-15-18-9-3-2-4-10-18/h2-4,9-10,17,19,37H,5-8,11-16H2,1H3,(H,29,36)(H,33,35)(H,30,31,32)/t19-,26?/m1/s1. The number of β-amino-alcohol motifs (C(OH)–C–C–N with tert-alkyl or cyclic N) is 1. The maximum atomic E-state index is 15.2. The van der Waals surface area contributed by atoms with Crippen molar-refractivity contribution in [2.75, 3.05) is 30.0 Å². The zero-order valence-electron chi connectivity index (χ0n) is 21.4. The fourth-order valence-corrected chi connectivity index (χ4v) is 5.13. The molecule has 2 heterocycles. The van der Waals surface area contributed by atoms with Gasteiger partial charge in [-0.3, -0.25) is 15.6 Å². The van der Waals surface area contributed by atoms with Gasteiger partial charge in [0.25, 0.3) is 0 Å². The van der Waals surface area contributed by atoms with Crippen LogP contribution in [0.25, 0.3) is 0 Å². The van der Waals surface area contributed by atoms with E-state index in [1.165, 1.54) is 0 Å². The van der Waals surface area contributed by atoms with E-state index in [-0.39, 0.29) is 36.6 Å². The van der Waals surface area contributed by atoms with E-state index in [2.05, 4.69) is 26.1 Å². The van der Waals surface area contributed by atoms with Crippen LogP contribution < -0.4 is 21.1 Å². The van der Waals surface area contributed by atoms with E-state index < -0.39 is 29.3 Å². The van der Waals surface area contributed by atoms with Crippen LogP contribution in [0.1, 0.15) is 51.0 Å². The number of anilines is 2. The SMILES string of the molecule is CC1(O)CCN(c2nc(Cl)nc(NNC(=O)[C@@H](CNC(=O)OCc3ccccc3)CC3CCCC3)c2F)C1. The smallest absolute Gasteiger partial charge is 0.407 e. The van der Waals surface area contributed by atoms with Gasteiger partial charge in [0.05, 0.1) is 11.5 Å². The van der Waals surface area contributed by atoms with Gasteiger partial charge in [-0.15, -0.1) is 0 Å². The third-order valence-electron chi connectivity index (χ3n) is 7.03. The molecular weight excluding hydrogens is 515 g/mol. The Morgan fingerprint density at radius 3 is 2.68 bits per heavy atom. The number of alkyl carbamates (subject to hydrolysis) is 1. The summed E-state index contributed by atoms with van der Waals surface area (Å²) in [7, 11) is 0. The van der Waals surface area contributed by atoms with Crippen molar-refractivity contribution in [1.82, 2.24) is 20.7 Å². The number of benzene rings is 1. The number of aliphatic hydroxyl groups is 1. The zero-order valence-corrected chi connectivity index (χ0v) is 22.1. The summed E-state index contributed by atoms with van der Waals surface area (Å²) in [6, 6.07) is 9.30. The third kappa shape index (κ3) is 7.67. The first-order valence-electron chi connectivity index (χ1n) is 12.9. The molecule has 0 bridgehead atoms. The van der Waals surface area contributed by atoms with Crippen LogP contribution in [0.3, 0.4) is 0 Å². The fourth-order valence-electron chi connectivity index (χ4n) is 4.96. The van der Waals surface area contributed by atoms with Gasteiger partial charge in [-0.1, -0.05) is 56.0 Å². The first-order valence-corrected chi connectivity index (χ1v) is 13.3. The van der Waals surface area contributed by atoms with Crippen molar-refractivity contribution in [3.63, 3.8) is 0 Å². The van der Waals surface area contributed by atoms with Crippen LogP contribution >= 0.6 is 11.6 Å². The molecule has 1 saturated heterocycles. The van der Waals surface area contributed by atoms with Crippen molar-refractivity contribution in [2.45, 2.75) is 57.7 Å². The molecule has 2 aromatic rings. The maximum absolute atomic E-state index is 15.2. The summed E-state index contributed by atoms with van der Waals surface area (Å²) in [4.78, 5) is 34.8. The molecule has 1 saturated carbocycles. The Bertz CT molecular complexity index is 1120. The van der Waals surface area contributed by atoms with E-state index in [0.29, 0.717) is 25.3 Å². The summed E-state index contributed by atoms with van der Waals surface area (Å²) in [5, 5.41) is 12.7. The van der Waals surface area contributed by atoms with E-state index in [4.69, 9.17) is 16.3 Å². The van der Waals surface area contributed by atoms with Crippen LogP contribution in [0.2, 0.25) is 5.28 Å². The number of hydrazine groups is 1. The maximum Gasteiger partial charge on any atom is 0.407 e. The van der Waals surface area contributed by atoms with E-state index in [9.17, 15) is 14.7 Å². The summed E-state index contributed by atoms with van der Waals surface area (Å²) in [6.45, 7) is 2.45. The highest BCUT2D eigenvalue weighted by atomic mass is 35.5. The number of amides is 2. The molecule has 1 aromatic heterocycles. The van der Waals surface area contributed by atoms with Crippen molar-refractivity contribution in [3.8, 4) is 0 Å². The summed E-state index contributed by atoms with van der Waals surface area (Å²) >= 11 is 6.03. The minimum Gasteiger partial charge on any atom is -0.445 e. The van der Waals surface area contributed by atoms with Gasteiger partial charge in [0.2, 0.25) is 17.0 Å². The molecule has 4 rings (SSSR count). The molecule has 1 aliphatic heterocycles. The lowest BCUT2D eigenvalue weighted by Gasteiger charge is -2.22. The van der Waals surface area contributed by atoms with Gasteiger partial charge in [-0.05, 0) is 42.8 Å². The number of carbonyl (C=O) groups is 2. The summed E-state index contributed by atoms with van der Waals surface area (Å²) in [5.74, 6) is -1.74. The van der Waals surface area contributed by atoms with Crippen LogP contribution in [-0.2, 0) is 16.1 Å². The van der Waals surface area contributed by atoms with E-state index in [1.54, 1.807) is 11.8 Å². The average Bonchev–Trinajstić information content (AvgIpc) is 3.54. The number of carbonyl (C=O) groups excluding carboxylic acids is 2. The Kier molecular flexibility index (Phi) is 9.22. The van der Waals surface area contributed by atoms with Crippen LogP contribution in [0.15, 0.2) is 30.3 Å². The summed E-state index contributed by atoms with van der Waals surface area (Å²) < 4.78 is 20.5. The summed E-state index contributed by atoms with van der Waals surface area (Å²) in [5.41, 5.74) is 4.95. The molecule has 206 valence electrons. The van der Waals surface area contributed by atoms with Gasteiger partial charge < -0.3 is 20.1 Å². The molecule has 1 aromatic carbocycles. The molecule has 2 aliphatic rings. The third-order valence-corrected chi connectivity index (χ3v) is 7.20. The minimum absolute atomic E-state index is 0.0511. The molecule has 1 unspecified atom stereocenters. The molecule has 12 heteroatoms. The topological polar surface area (TPSA) is 129 Å². The number of rotatable bonds is 10. The van der Waals surface area contributed by atoms with Crippen molar-refractivity contribution in [3.05, 3.63) is 47.0 Å². The van der Waals surface area contributed by atoms with Crippen LogP contribution in [0.4, 0.5) is 20.8 Å². The Labute approximate surface area is 226 Å². The van der Waals surface area contributed by atoms with E-state index in [1.807, 2.05) is 30.3 Å². The first-order chi connectivity index (χ1) is 18.2. The number of hydrogen-bond acceptors (Lipinski definition) is 8. The lowest BCUT2D eigenvalue weighted by Crippen LogP contribution is -2.42. The number of nitrogens with zero attached hydrogens (tertiary/aromatic N) is 3. The van der Waals surface area contributed by atoms with Gasteiger partial charge in [0.1, 0.15) is 6.61 Å². The first kappa shape index (κ1) is 27.8. The van der Waals surface area contributed by atoms with Gasteiger partial charge in [0, 0.05) is 19.6 Å². The second-order valence-electron chi connectivity index (χ2n) is 10.3. The van der Waals surface area contributed by atoms with Gasteiger partial charge in [-0.2, -0.15) is 14.4 Å². The van der Waals surface area contributed by atoms with E-state index >= 15 is 4.39 Å². The minimum atomic E-state index is -0.964. The molecule has 2 fully saturated rings. The highest BCUT2D eigenvalue weighted by Crippen LogP contribution is 2.31. The molecule has 38 heavy (non-hydrogen) atoms. The molecule has 0 radical (unpaired) electrons. The second-order valence-corrected chi connectivity index (χ2v) is 10.6. The van der Waals surface area contributed by atoms with E-state index in [0.717, 1.165) is 31.2 Å². The molecule has 0 spiro atoms. The number of ether oxygens (including phenoxy) is 1. The highest BCUT2D eigenvalue weighted by molar-refractivity contribution is 6.28. The Balaban J connectivity index is 1.36. The lowest BCUT2D eigenvalue weighted by molar-refractivity contribution is -0.124. The van der Waals surface area contributed by atoms with Crippen molar-refractivity contribution < 1.29 is 23.8 Å². The predicted molar refractivity (Wildman–Crippen MR) is 141 cm³/mol. The van der Waals surface area contributed by atoms with Crippen molar-refractivity contribution in [2.24, 2.45) is 11.8 Å². The quantitative estimate of drug-likeness (QED) is 0.261. The highest BCUT2D eigenvalue weighted by Gasteiger charge is 2.34. The Morgan fingerprint density at radius 2 is 2.00 bits per heavy atom. The molecule has 4 N–H and O–H groups in total. The van der Waals surface area contributed by atoms with Gasteiger partial charge >= 0.3 is 6.09 Å². The Hall–Kier alpha value is -3.18. The van der Waals surface area contributed by atoms with Crippen LogP contribution in [-0.4, -0.2) is 52.3 Å². The number of halogens is 2. The second kappa shape index (κ2) is 12.6. The molecular formula is C26H34ClFN6O4. The van der Waals surface area contributed by atoms with Crippen LogP contribution in [0.5, 0.6) is 0 Å². The normalized spacial score (nSPS) is 20.3. The van der Waals surface area contributed by atoms with Crippen molar-refractivity contribution in [1.29, 1.82) is 0 Å². The molecule has 2 atom stereocenters. The largest absolute Gasteiger partial charge is 0.445 e. The average molecular weight is 549 g/mol. The van der Waals surface area contributed by atoms with Gasteiger partial charge in [-0.25, -0.2) is 4.79 Å². The predicted octanol–water partition coefficient (Wildman–Crippen LogP) is 3.80. The summed E-state index contributed by atoms with van der Waals surface area (Å²) in [6.07, 6.45) is 4.68. The van der Waals surface area contributed by atoms with Crippen LogP contribution in [0, 0.1) is 17.7 Å². The van der Waals surface area contributed by atoms with Gasteiger partial charge in [0.15, 0.2) is 11.6 Å². The zero-order chi connectivity index (χ0) is 27.1. The lowest BCUT2D eigenvalue weighted by atomic mass is 9.92. The number of hydrogen-bond donors (Lipinski definition) is 4. The number of aromatic nitrogens is 2. The molecule has 2 amide bonds. The fraction of sp³-hybridized carbons (Fsp3) is 0.538. The monoisotopic (exact) mass is 548 g/mol. The number of nitrogens with one attached hydrogen (secondary N) is 3. The van der Waals surface area contributed by atoms with Crippen molar-refractivity contribution >= 4 is 35.2 Å².